The van der Waals surface area contributed by atoms with Crippen molar-refractivity contribution < 1.29 is 14.6 Å². The lowest BCUT2D eigenvalue weighted by Gasteiger charge is -2.25. The number of hydrogen-bond donors (Lipinski definition) is 1. The zero-order valence-corrected chi connectivity index (χ0v) is 18.5. The van der Waals surface area contributed by atoms with E-state index >= 15 is 0 Å². The number of carbonyl (C=O) groups is 1. The van der Waals surface area contributed by atoms with Gasteiger partial charge in [0.1, 0.15) is 11.6 Å². The van der Waals surface area contributed by atoms with Crippen molar-refractivity contribution in [3.63, 3.8) is 0 Å². The van der Waals surface area contributed by atoms with E-state index in [4.69, 9.17) is 14.8 Å². The minimum absolute atomic E-state index is 0.0336. The molecule has 4 aromatic rings. The average molecular weight is 454 g/mol. The van der Waals surface area contributed by atoms with Gasteiger partial charge in [-0.05, 0) is 61.6 Å². The number of aliphatic carboxylic acids is 1. The largest absolute Gasteiger partial charge is 0.494 e. The van der Waals surface area contributed by atoms with E-state index in [2.05, 4.69) is 11.1 Å². The molecule has 4 unspecified atom stereocenters. The van der Waals surface area contributed by atoms with Gasteiger partial charge in [0.05, 0.1) is 18.0 Å². The van der Waals surface area contributed by atoms with E-state index in [0.29, 0.717) is 40.3 Å². The summed E-state index contributed by atoms with van der Waals surface area (Å²) >= 11 is 0. The topological polar surface area (TPSA) is 107 Å². The summed E-state index contributed by atoms with van der Waals surface area (Å²) in [7, 11) is 0. The lowest BCUT2D eigenvalue weighted by atomic mass is 9.82. The number of nitrogens with zero attached hydrogens (tertiary/aromatic N) is 4. The van der Waals surface area contributed by atoms with Crippen molar-refractivity contribution >= 4 is 22.5 Å². The van der Waals surface area contributed by atoms with E-state index in [1.807, 2.05) is 37.3 Å². The molecule has 8 heteroatoms. The predicted octanol–water partition coefficient (Wildman–Crippen LogP) is 3.69. The Balaban J connectivity index is 1.61. The summed E-state index contributed by atoms with van der Waals surface area (Å²) < 4.78 is 7.09. The highest BCUT2D eigenvalue weighted by molar-refractivity contribution is 5.91. The molecule has 2 heterocycles. The molecule has 6 rings (SSSR count). The molecule has 0 saturated heterocycles. The first-order valence-corrected chi connectivity index (χ1v) is 11.4. The molecule has 2 bridgehead atoms. The number of allylic oxidation sites excluding steroid dienone is 2. The molecule has 0 spiro atoms. The zero-order valence-electron chi connectivity index (χ0n) is 18.5. The molecule has 0 radical (unpaired) electrons. The Morgan fingerprint density at radius 1 is 1.09 bits per heavy atom. The number of carboxylic acids is 1. The van der Waals surface area contributed by atoms with Gasteiger partial charge in [0.25, 0.3) is 5.56 Å². The molecule has 2 aromatic carbocycles. The third-order valence-corrected chi connectivity index (χ3v) is 6.89. The molecule has 1 saturated carbocycles. The Bertz CT molecular complexity index is 1530. The minimum Gasteiger partial charge on any atom is -0.494 e. The first-order valence-electron chi connectivity index (χ1n) is 11.4. The van der Waals surface area contributed by atoms with E-state index in [0.717, 1.165) is 6.42 Å². The van der Waals surface area contributed by atoms with Crippen molar-refractivity contribution in [3.8, 4) is 17.0 Å². The highest BCUT2D eigenvalue weighted by Gasteiger charge is 2.50. The summed E-state index contributed by atoms with van der Waals surface area (Å²) in [6.45, 7) is 2.45. The van der Waals surface area contributed by atoms with Crippen LogP contribution >= 0.6 is 0 Å². The Morgan fingerprint density at radius 3 is 2.62 bits per heavy atom. The number of aromatic nitrogens is 4. The number of hydrogen-bond acceptors (Lipinski definition) is 6. The number of ether oxygens (including phenoxy) is 1. The zero-order chi connectivity index (χ0) is 23.4. The maximum atomic E-state index is 13.1. The third-order valence-electron chi connectivity index (χ3n) is 6.89. The summed E-state index contributed by atoms with van der Waals surface area (Å²) in [5.74, 6) is -0.548. The predicted molar refractivity (Wildman–Crippen MR) is 126 cm³/mol. The van der Waals surface area contributed by atoms with Gasteiger partial charge in [0, 0.05) is 16.9 Å². The summed E-state index contributed by atoms with van der Waals surface area (Å²) in [6, 6.07) is 14.5. The molecule has 0 aliphatic heterocycles. The fraction of sp³-hybridized carbons (Fsp3) is 0.269. The monoisotopic (exact) mass is 454 g/mol. The lowest BCUT2D eigenvalue weighted by molar-refractivity contribution is -0.143. The molecule has 4 atom stereocenters. The molecule has 8 nitrogen and oxygen atoms in total. The SMILES string of the molecule is CCOc1ccc(-c2nn3c(C4C5C=CC(C5)C4C(=O)O)nc4ccccc4c3nc2=O)cc1. The van der Waals surface area contributed by atoms with Crippen molar-refractivity contribution in [2.45, 2.75) is 19.3 Å². The van der Waals surface area contributed by atoms with Gasteiger partial charge < -0.3 is 9.84 Å². The molecule has 2 aliphatic rings. The summed E-state index contributed by atoms with van der Waals surface area (Å²) in [5.41, 5.74) is 1.39. The molecule has 1 fully saturated rings. The van der Waals surface area contributed by atoms with Crippen LogP contribution in [0.4, 0.5) is 0 Å². The second-order valence-corrected chi connectivity index (χ2v) is 8.78. The third kappa shape index (κ3) is 3.09. The Morgan fingerprint density at radius 2 is 1.85 bits per heavy atom. The highest BCUT2D eigenvalue weighted by Crippen LogP contribution is 2.52. The molecule has 2 aromatic heterocycles. The van der Waals surface area contributed by atoms with Gasteiger partial charge in [-0.1, -0.05) is 24.3 Å². The molecule has 34 heavy (non-hydrogen) atoms. The number of benzene rings is 2. The average Bonchev–Trinajstić information content (AvgIpc) is 3.46. The van der Waals surface area contributed by atoms with Crippen LogP contribution in [0.3, 0.4) is 0 Å². The number of carboxylic acid groups (broad SMARTS) is 1. The normalized spacial score (nSPS) is 23.1. The number of para-hydroxylation sites is 1. The van der Waals surface area contributed by atoms with E-state index in [1.165, 1.54) is 0 Å². The van der Waals surface area contributed by atoms with Crippen LogP contribution in [0, 0.1) is 17.8 Å². The van der Waals surface area contributed by atoms with Crippen molar-refractivity contribution in [1.29, 1.82) is 0 Å². The van der Waals surface area contributed by atoms with Gasteiger partial charge in [-0.2, -0.15) is 14.6 Å². The summed E-state index contributed by atoms with van der Waals surface area (Å²) in [6.07, 6.45) is 4.86. The Labute approximate surface area is 194 Å². The highest BCUT2D eigenvalue weighted by atomic mass is 16.5. The minimum atomic E-state index is -0.842. The molecule has 1 N–H and O–H groups in total. The van der Waals surface area contributed by atoms with Crippen LogP contribution in [-0.4, -0.2) is 37.3 Å². The van der Waals surface area contributed by atoms with Crippen LogP contribution in [0.25, 0.3) is 27.8 Å². The van der Waals surface area contributed by atoms with E-state index in [1.54, 1.807) is 28.8 Å². The quantitative estimate of drug-likeness (QED) is 0.362. The first kappa shape index (κ1) is 20.5. The van der Waals surface area contributed by atoms with E-state index in [-0.39, 0.29) is 23.4 Å². The maximum Gasteiger partial charge on any atom is 0.307 e. The van der Waals surface area contributed by atoms with Gasteiger partial charge in [-0.25, -0.2) is 4.98 Å². The summed E-state index contributed by atoms with van der Waals surface area (Å²) in [4.78, 5) is 34.6. The van der Waals surface area contributed by atoms with Crippen molar-refractivity contribution in [2.75, 3.05) is 6.61 Å². The molecule has 0 amide bonds. The first-order chi connectivity index (χ1) is 16.5. The fourth-order valence-corrected chi connectivity index (χ4v) is 5.44. The lowest BCUT2D eigenvalue weighted by Crippen LogP contribution is -2.29. The van der Waals surface area contributed by atoms with E-state index in [9.17, 15) is 14.7 Å². The molecular weight excluding hydrogens is 432 g/mol. The van der Waals surface area contributed by atoms with Crippen LogP contribution in [0.15, 0.2) is 65.5 Å². The molecular formula is C26H22N4O4. The van der Waals surface area contributed by atoms with Crippen molar-refractivity contribution in [3.05, 3.63) is 76.9 Å². The Kier molecular flexibility index (Phi) is 4.69. The Hall–Kier alpha value is -4.07. The number of fused-ring (bicyclic) bond motifs is 5. The maximum absolute atomic E-state index is 13.1. The molecule has 2 aliphatic carbocycles. The van der Waals surface area contributed by atoms with Gasteiger partial charge >= 0.3 is 5.97 Å². The number of rotatable bonds is 5. The van der Waals surface area contributed by atoms with Crippen LogP contribution < -0.4 is 10.3 Å². The van der Waals surface area contributed by atoms with Crippen molar-refractivity contribution in [2.24, 2.45) is 17.8 Å². The van der Waals surface area contributed by atoms with E-state index < -0.39 is 17.4 Å². The standard InChI is InChI=1S/C26H22N4O4/c1-2-34-17-11-9-14(10-12-17)22-25(31)28-23-18-5-3-4-6-19(18)27-24(30(23)29-22)20-15-7-8-16(13-15)21(20)26(32)33/h3-12,15-16,20-21H,2,13H2,1H3,(H,32,33). The van der Waals surface area contributed by atoms with Crippen LogP contribution in [0.1, 0.15) is 25.1 Å². The fourth-order valence-electron chi connectivity index (χ4n) is 5.44. The van der Waals surface area contributed by atoms with Crippen LogP contribution in [-0.2, 0) is 4.79 Å². The second kappa shape index (κ2) is 7.76. The molecule has 170 valence electrons. The van der Waals surface area contributed by atoms with Gasteiger partial charge in [-0.15, -0.1) is 0 Å². The van der Waals surface area contributed by atoms with Gasteiger partial charge in [0.15, 0.2) is 11.3 Å². The van der Waals surface area contributed by atoms with Crippen LogP contribution in [0.2, 0.25) is 0 Å². The van der Waals surface area contributed by atoms with Gasteiger partial charge in [-0.3, -0.25) is 9.59 Å². The van der Waals surface area contributed by atoms with Crippen molar-refractivity contribution in [1.82, 2.24) is 19.6 Å². The van der Waals surface area contributed by atoms with Crippen LogP contribution in [0.5, 0.6) is 5.75 Å². The summed E-state index contributed by atoms with van der Waals surface area (Å²) in [5, 5.41) is 15.4. The smallest absolute Gasteiger partial charge is 0.307 e. The van der Waals surface area contributed by atoms with Gasteiger partial charge in [0.2, 0.25) is 0 Å². The second-order valence-electron chi connectivity index (χ2n) is 8.78.